The van der Waals surface area contributed by atoms with Gasteiger partial charge in [0.2, 0.25) is 0 Å². The van der Waals surface area contributed by atoms with E-state index in [1.54, 1.807) is 7.11 Å². The SMILES string of the molecule is COc1ccc(C)cc1CN(C)CC(=O)c1cc(C)n(C2CC2)c1C. The number of aromatic nitrogens is 1. The van der Waals surface area contributed by atoms with Gasteiger partial charge in [-0.15, -0.1) is 0 Å². The van der Waals surface area contributed by atoms with Gasteiger partial charge in [0.1, 0.15) is 5.75 Å². The van der Waals surface area contributed by atoms with Crippen molar-refractivity contribution >= 4 is 5.78 Å². The van der Waals surface area contributed by atoms with E-state index < -0.39 is 0 Å². The summed E-state index contributed by atoms with van der Waals surface area (Å²) in [6.07, 6.45) is 2.47. The van der Waals surface area contributed by atoms with Crippen molar-refractivity contribution in [1.29, 1.82) is 0 Å². The molecule has 0 atom stereocenters. The number of methoxy groups -OCH3 is 1. The highest BCUT2D eigenvalue weighted by atomic mass is 16.5. The topological polar surface area (TPSA) is 34.5 Å². The van der Waals surface area contributed by atoms with Crippen molar-refractivity contribution in [2.45, 2.75) is 46.2 Å². The molecule has 0 bridgehead atoms. The molecule has 3 rings (SSSR count). The van der Waals surface area contributed by atoms with Gasteiger partial charge >= 0.3 is 0 Å². The van der Waals surface area contributed by atoms with Crippen LogP contribution in [-0.2, 0) is 6.54 Å². The smallest absolute Gasteiger partial charge is 0.178 e. The number of nitrogens with zero attached hydrogens (tertiary/aromatic N) is 2. The molecule has 134 valence electrons. The van der Waals surface area contributed by atoms with E-state index in [1.807, 2.05) is 19.2 Å². The number of ketones is 1. The maximum absolute atomic E-state index is 12.8. The van der Waals surface area contributed by atoms with Gasteiger partial charge in [0.05, 0.1) is 13.7 Å². The molecular formula is C21H28N2O2. The Hall–Kier alpha value is -2.07. The average Bonchev–Trinajstić information content (AvgIpc) is 3.33. The van der Waals surface area contributed by atoms with Crippen molar-refractivity contribution in [3.63, 3.8) is 0 Å². The predicted molar refractivity (Wildman–Crippen MR) is 101 cm³/mol. The van der Waals surface area contributed by atoms with E-state index in [1.165, 1.54) is 24.1 Å². The first-order chi connectivity index (χ1) is 11.9. The van der Waals surface area contributed by atoms with Crippen molar-refractivity contribution in [2.24, 2.45) is 0 Å². The molecule has 0 radical (unpaired) electrons. The molecule has 4 heteroatoms. The zero-order valence-electron chi connectivity index (χ0n) is 15.9. The maximum atomic E-state index is 12.8. The maximum Gasteiger partial charge on any atom is 0.178 e. The molecule has 0 N–H and O–H groups in total. The molecule has 0 unspecified atom stereocenters. The van der Waals surface area contributed by atoms with E-state index in [-0.39, 0.29) is 5.78 Å². The number of rotatable bonds is 7. The molecule has 0 amide bonds. The standard InChI is InChI=1S/C21H28N2O2/c1-14-6-9-21(25-5)17(10-14)12-22(4)13-20(24)19-11-15(2)23(16(19)3)18-7-8-18/h6,9-11,18H,7-8,12-13H2,1-5H3. The van der Waals surface area contributed by atoms with E-state index in [2.05, 4.69) is 42.4 Å². The molecule has 1 saturated carbocycles. The van der Waals surface area contributed by atoms with Crippen molar-refractivity contribution < 1.29 is 9.53 Å². The molecule has 25 heavy (non-hydrogen) atoms. The van der Waals surface area contributed by atoms with Crippen molar-refractivity contribution in [2.75, 3.05) is 20.7 Å². The third-order valence-corrected chi connectivity index (χ3v) is 4.99. The molecule has 4 nitrogen and oxygen atoms in total. The molecule has 1 aliphatic carbocycles. The summed E-state index contributed by atoms with van der Waals surface area (Å²) in [6.45, 7) is 7.34. The highest BCUT2D eigenvalue weighted by molar-refractivity contribution is 5.99. The van der Waals surface area contributed by atoms with E-state index in [0.717, 1.165) is 22.6 Å². The molecule has 1 aromatic heterocycles. The van der Waals surface area contributed by atoms with Crippen LogP contribution in [0, 0.1) is 20.8 Å². The van der Waals surface area contributed by atoms with E-state index in [9.17, 15) is 4.79 Å². The molecule has 1 aromatic carbocycles. The summed E-state index contributed by atoms with van der Waals surface area (Å²) in [4.78, 5) is 14.9. The second kappa shape index (κ2) is 7.04. The number of likely N-dealkylation sites (N-methyl/N-ethyl adjacent to an activating group) is 1. The van der Waals surface area contributed by atoms with Crippen LogP contribution in [0.25, 0.3) is 0 Å². The third-order valence-electron chi connectivity index (χ3n) is 4.99. The highest BCUT2D eigenvalue weighted by Crippen LogP contribution is 2.38. The van der Waals surface area contributed by atoms with Crippen LogP contribution in [-0.4, -0.2) is 36.0 Å². The zero-order chi connectivity index (χ0) is 18.1. The fraction of sp³-hybridized carbons (Fsp3) is 0.476. The van der Waals surface area contributed by atoms with E-state index in [4.69, 9.17) is 4.74 Å². The molecule has 1 heterocycles. The lowest BCUT2D eigenvalue weighted by Crippen LogP contribution is -2.26. The lowest BCUT2D eigenvalue weighted by Gasteiger charge is -2.18. The van der Waals surface area contributed by atoms with Gasteiger partial charge in [-0.05, 0) is 52.8 Å². The molecule has 1 aliphatic rings. The van der Waals surface area contributed by atoms with Crippen LogP contribution in [0.2, 0.25) is 0 Å². The number of carbonyl (C=O) groups excluding carboxylic acids is 1. The number of carbonyl (C=O) groups is 1. The second-order valence-corrected chi connectivity index (χ2v) is 7.30. The molecule has 2 aromatic rings. The monoisotopic (exact) mass is 340 g/mol. The summed E-state index contributed by atoms with van der Waals surface area (Å²) in [5.41, 5.74) is 5.50. The van der Waals surface area contributed by atoms with Gasteiger partial charge in [0, 0.05) is 35.1 Å². The largest absolute Gasteiger partial charge is 0.496 e. The van der Waals surface area contributed by atoms with E-state index in [0.29, 0.717) is 19.1 Å². The minimum atomic E-state index is 0.189. The summed E-state index contributed by atoms with van der Waals surface area (Å²) in [5, 5.41) is 0. The summed E-state index contributed by atoms with van der Waals surface area (Å²) < 4.78 is 7.78. The van der Waals surface area contributed by atoms with Crippen LogP contribution in [0.1, 0.15) is 51.8 Å². The Bertz CT molecular complexity index is 787. The summed E-state index contributed by atoms with van der Waals surface area (Å²) in [5.74, 6) is 1.06. The number of Topliss-reactive ketones (excluding diaryl/α,β-unsaturated/α-hetero) is 1. The number of benzene rings is 1. The Morgan fingerprint density at radius 1 is 1.24 bits per heavy atom. The van der Waals surface area contributed by atoms with E-state index >= 15 is 0 Å². The van der Waals surface area contributed by atoms with Crippen molar-refractivity contribution in [3.8, 4) is 5.75 Å². The minimum absolute atomic E-state index is 0.189. The lowest BCUT2D eigenvalue weighted by atomic mass is 10.1. The molecule has 0 spiro atoms. The molecule has 1 fully saturated rings. The van der Waals surface area contributed by atoms with Crippen LogP contribution in [0.5, 0.6) is 5.75 Å². The van der Waals surface area contributed by atoms with Crippen molar-refractivity contribution in [3.05, 3.63) is 52.3 Å². The molecule has 0 aliphatic heterocycles. The normalized spacial score (nSPS) is 14.2. The molecule has 0 saturated heterocycles. The Morgan fingerprint density at radius 2 is 1.96 bits per heavy atom. The quantitative estimate of drug-likeness (QED) is 0.713. The first-order valence-corrected chi connectivity index (χ1v) is 8.94. The number of ether oxygens (including phenoxy) is 1. The Morgan fingerprint density at radius 3 is 2.60 bits per heavy atom. The average molecular weight is 340 g/mol. The number of aryl methyl sites for hydroxylation is 2. The lowest BCUT2D eigenvalue weighted by molar-refractivity contribution is 0.0942. The van der Waals surface area contributed by atoms with Crippen LogP contribution < -0.4 is 4.74 Å². The zero-order valence-corrected chi connectivity index (χ0v) is 15.9. The molecular weight excluding hydrogens is 312 g/mol. The van der Waals surface area contributed by atoms with Gasteiger partial charge < -0.3 is 9.30 Å². The highest BCUT2D eigenvalue weighted by Gasteiger charge is 2.28. The summed E-state index contributed by atoms with van der Waals surface area (Å²) in [6, 6.07) is 8.82. The van der Waals surface area contributed by atoms with Gasteiger partial charge in [0.25, 0.3) is 0 Å². The summed E-state index contributed by atoms with van der Waals surface area (Å²) >= 11 is 0. The third kappa shape index (κ3) is 3.79. The summed E-state index contributed by atoms with van der Waals surface area (Å²) in [7, 11) is 3.67. The Balaban J connectivity index is 1.71. The van der Waals surface area contributed by atoms with Gasteiger partial charge in [0.15, 0.2) is 5.78 Å². The minimum Gasteiger partial charge on any atom is -0.496 e. The first-order valence-electron chi connectivity index (χ1n) is 8.94. The fourth-order valence-electron chi connectivity index (χ4n) is 3.66. The predicted octanol–water partition coefficient (Wildman–Crippen LogP) is 4.07. The van der Waals surface area contributed by atoms with Gasteiger partial charge in [-0.3, -0.25) is 9.69 Å². The van der Waals surface area contributed by atoms with Crippen molar-refractivity contribution in [1.82, 2.24) is 9.47 Å². The Labute approximate surface area is 150 Å². The van der Waals surface area contributed by atoms with Crippen LogP contribution in [0.15, 0.2) is 24.3 Å². The van der Waals surface area contributed by atoms with Gasteiger partial charge in [-0.2, -0.15) is 0 Å². The number of hydrogen-bond donors (Lipinski definition) is 0. The first kappa shape index (κ1) is 17.7. The van der Waals surface area contributed by atoms with Gasteiger partial charge in [-0.25, -0.2) is 0 Å². The number of hydrogen-bond acceptors (Lipinski definition) is 3. The fourth-order valence-corrected chi connectivity index (χ4v) is 3.66. The van der Waals surface area contributed by atoms with Crippen LogP contribution >= 0.6 is 0 Å². The van der Waals surface area contributed by atoms with Crippen LogP contribution in [0.4, 0.5) is 0 Å². The van der Waals surface area contributed by atoms with Gasteiger partial charge in [-0.1, -0.05) is 17.7 Å². The Kier molecular flexibility index (Phi) is 5.00. The second-order valence-electron chi connectivity index (χ2n) is 7.30. The van der Waals surface area contributed by atoms with Crippen LogP contribution in [0.3, 0.4) is 0 Å².